The summed E-state index contributed by atoms with van der Waals surface area (Å²) in [5, 5.41) is 0.979. The summed E-state index contributed by atoms with van der Waals surface area (Å²) in [6, 6.07) is 22.3. The fraction of sp³-hybridized carbons (Fsp3) is 0.138. The number of methoxy groups -OCH3 is 3. The molecule has 0 aliphatic heterocycles. The van der Waals surface area contributed by atoms with Crippen molar-refractivity contribution < 1.29 is 18.6 Å². The molecule has 5 rings (SSSR count). The van der Waals surface area contributed by atoms with Gasteiger partial charge in [-0.25, -0.2) is 4.39 Å². The lowest BCUT2D eigenvalue weighted by Crippen LogP contribution is -2.01. The van der Waals surface area contributed by atoms with Crippen LogP contribution in [0.1, 0.15) is 5.56 Å². The van der Waals surface area contributed by atoms with Gasteiger partial charge in [-0.15, -0.1) is 0 Å². The highest BCUT2D eigenvalue weighted by molar-refractivity contribution is 6.03. The van der Waals surface area contributed by atoms with Gasteiger partial charge in [0.05, 0.1) is 32.5 Å². The number of hydrogen-bond donors (Lipinski definition) is 0. The van der Waals surface area contributed by atoms with Crippen molar-refractivity contribution in [3.8, 4) is 39.6 Å². The predicted octanol–water partition coefficient (Wildman–Crippen LogP) is 6.58. The molecule has 5 nitrogen and oxygen atoms in total. The Morgan fingerprint density at radius 3 is 2.29 bits per heavy atom. The molecule has 0 saturated heterocycles. The van der Waals surface area contributed by atoms with E-state index in [0.29, 0.717) is 18.0 Å². The lowest BCUT2D eigenvalue weighted by atomic mass is 10.0. The van der Waals surface area contributed by atoms with Crippen molar-refractivity contribution in [2.45, 2.75) is 6.54 Å². The van der Waals surface area contributed by atoms with Gasteiger partial charge in [-0.2, -0.15) is 0 Å². The molecule has 0 N–H and O–H groups in total. The average Bonchev–Trinajstić information content (AvgIpc) is 3.27. The number of benzene rings is 3. The molecule has 176 valence electrons. The molecule has 6 heteroatoms. The van der Waals surface area contributed by atoms with Crippen molar-refractivity contribution in [1.82, 2.24) is 9.55 Å². The smallest absolute Gasteiger partial charge is 0.132 e. The lowest BCUT2D eigenvalue weighted by molar-refractivity contribution is 0.395. The topological polar surface area (TPSA) is 45.5 Å². The second-order valence-corrected chi connectivity index (χ2v) is 8.15. The molecule has 0 saturated carbocycles. The van der Waals surface area contributed by atoms with Crippen LogP contribution < -0.4 is 14.2 Å². The quantitative estimate of drug-likeness (QED) is 0.271. The summed E-state index contributed by atoms with van der Waals surface area (Å²) in [4.78, 5) is 4.76. The summed E-state index contributed by atoms with van der Waals surface area (Å²) < 4.78 is 32.7. The van der Waals surface area contributed by atoms with Crippen molar-refractivity contribution >= 4 is 10.9 Å². The summed E-state index contributed by atoms with van der Waals surface area (Å²) in [6.07, 6.45) is 3.84. The summed E-state index contributed by atoms with van der Waals surface area (Å²) in [5.41, 5.74) is 5.40. The molecule has 2 aromatic heterocycles. The molecule has 0 atom stereocenters. The summed E-state index contributed by atoms with van der Waals surface area (Å²) in [7, 11) is 4.91. The van der Waals surface area contributed by atoms with Crippen LogP contribution in [0.2, 0.25) is 0 Å². The highest BCUT2D eigenvalue weighted by Gasteiger charge is 2.19. The van der Waals surface area contributed by atoms with Crippen LogP contribution in [0.4, 0.5) is 4.39 Å². The van der Waals surface area contributed by atoms with Gasteiger partial charge < -0.3 is 18.8 Å². The highest BCUT2D eigenvalue weighted by Crippen LogP contribution is 2.40. The van der Waals surface area contributed by atoms with Crippen molar-refractivity contribution in [2.24, 2.45) is 0 Å². The minimum atomic E-state index is -0.273. The van der Waals surface area contributed by atoms with Gasteiger partial charge in [-0.05, 0) is 53.6 Å². The zero-order valence-electron chi connectivity index (χ0n) is 19.8. The molecule has 0 aliphatic rings. The van der Waals surface area contributed by atoms with Crippen molar-refractivity contribution in [3.63, 3.8) is 0 Å². The molecule has 0 unspecified atom stereocenters. The number of hydrogen-bond acceptors (Lipinski definition) is 4. The van der Waals surface area contributed by atoms with E-state index in [4.69, 9.17) is 19.2 Å². The van der Waals surface area contributed by atoms with E-state index in [-0.39, 0.29) is 5.82 Å². The third-order valence-corrected chi connectivity index (χ3v) is 6.10. The van der Waals surface area contributed by atoms with Crippen LogP contribution in [-0.4, -0.2) is 30.9 Å². The number of nitrogens with zero attached hydrogens (tertiary/aromatic N) is 2. The number of aromatic nitrogens is 2. The maximum atomic E-state index is 14.1. The van der Waals surface area contributed by atoms with Gasteiger partial charge in [0.1, 0.15) is 23.1 Å². The largest absolute Gasteiger partial charge is 0.497 e. The van der Waals surface area contributed by atoms with Gasteiger partial charge in [-0.1, -0.05) is 24.3 Å². The molecule has 3 aromatic carbocycles. The summed E-state index contributed by atoms with van der Waals surface area (Å²) >= 11 is 0. The van der Waals surface area contributed by atoms with Gasteiger partial charge in [0, 0.05) is 41.5 Å². The van der Waals surface area contributed by atoms with Crippen LogP contribution in [0.3, 0.4) is 0 Å². The van der Waals surface area contributed by atoms with Gasteiger partial charge in [0.15, 0.2) is 0 Å². The third kappa shape index (κ3) is 4.30. The SMILES string of the molecule is COc1ccc(Cn2cc(-c3cccc(F)c3)c3ccnc(-c4ccc(OC)cc4OC)c32)cc1. The van der Waals surface area contributed by atoms with E-state index < -0.39 is 0 Å². The highest BCUT2D eigenvalue weighted by atomic mass is 19.1. The first kappa shape index (κ1) is 22.5. The second-order valence-electron chi connectivity index (χ2n) is 8.15. The zero-order chi connectivity index (χ0) is 24.4. The van der Waals surface area contributed by atoms with E-state index in [0.717, 1.165) is 44.6 Å². The van der Waals surface area contributed by atoms with Crippen molar-refractivity contribution in [1.29, 1.82) is 0 Å². The van der Waals surface area contributed by atoms with Crippen LogP contribution in [0.25, 0.3) is 33.3 Å². The molecule has 0 aliphatic carbocycles. The Balaban J connectivity index is 1.74. The molecular formula is C29H25FN2O3. The van der Waals surface area contributed by atoms with E-state index in [1.807, 2.05) is 54.6 Å². The Morgan fingerprint density at radius 2 is 1.57 bits per heavy atom. The number of pyridine rings is 1. The van der Waals surface area contributed by atoms with Crippen molar-refractivity contribution in [2.75, 3.05) is 21.3 Å². The molecule has 0 amide bonds. The van der Waals surface area contributed by atoms with Crippen LogP contribution in [0, 0.1) is 5.82 Å². The third-order valence-electron chi connectivity index (χ3n) is 6.10. The standard InChI is InChI=1S/C29H25FN2O3/c1-33-22-9-7-19(8-10-22)17-32-18-26(20-5-4-6-21(30)15-20)24-13-14-31-28(29(24)32)25-12-11-23(34-2)16-27(25)35-3/h4-16,18H,17H2,1-3H3. The van der Waals surface area contributed by atoms with Crippen LogP contribution in [0.15, 0.2) is 85.2 Å². The number of halogens is 1. The maximum absolute atomic E-state index is 14.1. The fourth-order valence-electron chi connectivity index (χ4n) is 4.38. The number of fused-ring (bicyclic) bond motifs is 1. The minimum absolute atomic E-state index is 0.273. The first-order chi connectivity index (χ1) is 17.1. The van der Waals surface area contributed by atoms with Crippen LogP contribution >= 0.6 is 0 Å². The molecule has 0 spiro atoms. The van der Waals surface area contributed by atoms with E-state index in [1.54, 1.807) is 39.7 Å². The zero-order valence-corrected chi connectivity index (χ0v) is 19.8. The number of ether oxygens (including phenoxy) is 3. The van der Waals surface area contributed by atoms with E-state index in [1.165, 1.54) is 6.07 Å². The fourth-order valence-corrected chi connectivity index (χ4v) is 4.38. The predicted molar refractivity (Wildman–Crippen MR) is 136 cm³/mol. The van der Waals surface area contributed by atoms with Gasteiger partial charge in [0.2, 0.25) is 0 Å². The Hall–Kier alpha value is -4.32. The molecule has 35 heavy (non-hydrogen) atoms. The van der Waals surface area contributed by atoms with Gasteiger partial charge in [0.25, 0.3) is 0 Å². The molecular weight excluding hydrogens is 443 g/mol. The monoisotopic (exact) mass is 468 g/mol. The van der Waals surface area contributed by atoms with E-state index in [2.05, 4.69) is 10.8 Å². The van der Waals surface area contributed by atoms with E-state index in [9.17, 15) is 4.39 Å². The maximum Gasteiger partial charge on any atom is 0.132 e. The Bertz CT molecular complexity index is 1490. The summed E-state index contributed by atoms with van der Waals surface area (Å²) in [5.74, 6) is 1.89. The van der Waals surface area contributed by atoms with Gasteiger partial charge in [-0.3, -0.25) is 4.98 Å². The Labute approximate surface area is 203 Å². The second kappa shape index (κ2) is 9.50. The van der Waals surface area contributed by atoms with Crippen molar-refractivity contribution in [3.05, 3.63) is 96.6 Å². The summed E-state index contributed by atoms with van der Waals surface area (Å²) in [6.45, 7) is 0.604. The first-order valence-electron chi connectivity index (χ1n) is 11.2. The minimum Gasteiger partial charge on any atom is -0.497 e. The molecule has 2 heterocycles. The first-order valence-corrected chi connectivity index (χ1v) is 11.2. The Kier molecular flexibility index (Phi) is 6.10. The molecule has 0 radical (unpaired) electrons. The molecule has 0 bridgehead atoms. The van der Waals surface area contributed by atoms with E-state index >= 15 is 0 Å². The van der Waals surface area contributed by atoms with Crippen LogP contribution in [0.5, 0.6) is 17.2 Å². The molecule has 5 aromatic rings. The van der Waals surface area contributed by atoms with Crippen LogP contribution in [-0.2, 0) is 6.54 Å². The Morgan fingerprint density at radius 1 is 0.800 bits per heavy atom. The molecule has 0 fully saturated rings. The van der Waals surface area contributed by atoms with Gasteiger partial charge >= 0.3 is 0 Å². The lowest BCUT2D eigenvalue weighted by Gasteiger charge is -2.13. The normalized spacial score (nSPS) is 11.0. The average molecular weight is 469 g/mol. The number of rotatable bonds is 7.